The van der Waals surface area contributed by atoms with Gasteiger partial charge in [0.1, 0.15) is 11.7 Å². The molecule has 2 saturated carbocycles. The molecule has 3 rings (SSSR count). The first-order valence-corrected chi connectivity index (χ1v) is 7.57. The van der Waals surface area contributed by atoms with E-state index in [-0.39, 0.29) is 29.4 Å². The number of esters is 2. The number of carbonyl (C=O) groups is 2. The van der Waals surface area contributed by atoms with Gasteiger partial charge in [0, 0.05) is 23.8 Å². The first kappa shape index (κ1) is 14.4. The average Bonchev–Trinajstić information content (AvgIpc) is 2.64. The van der Waals surface area contributed by atoms with Crippen molar-refractivity contribution >= 4 is 11.9 Å². The van der Waals surface area contributed by atoms with E-state index in [1.165, 1.54) is 6.92 Å². The van der Waals surface area contributed by atoms with E-state index in [9.17, 15) is 9.59 Å². The average molecular weight is 290 g/mol. The van der Waals surface area contributed by atoms with Crippen LogP contribution in [0.1, 0.15) is 46.0 Å². The van der Waals surface area contributed by atoms with Crippen LogP contribution in [0.25, 0.3) is 0 Å². The number of hydrogen-bond donors (Lipinski definition) is 0. The fourth-order valence-corrected chi connectivity index (χ4v) is 4.47. The van der Waals surface area contributed by atoms with Crippen LogP contribution in [0.4, 0.5) is 0 Å². The molecule has 21 heavy (non-hydrogen) atoms. The predicted molar refractivity (Wildman–Crippen MR) is 77.3 cm³/mol. The van der Waals surface area contributed by atoms with E-state index in [0.717, 1.165) is 24.8 Å². The van der Waals surface area contributed by atoms with E-state index in [1.54, 1.807) is 0 Å². The number of fused-ring (bicyclic) bond motifs is 2. The van der Waals surface area contributed by atoms with Gasteiger partial charge in [-0.25, -0.2) is 4.79 Å². The number of carbonyl (C=O) groups excluding carboxylic acids is 2. The molecule has 3 fully saturated rings. The highest BCUT2D eigenvalue weighted by molar-refractivity contribution is 5.91. The number of hydrogen-bond acceptors (Lipinski definition) is 4. The molecule has 0 spiro atoms. The Balaban J connectivity index is 2.03. The van der Waals surface area contributed by atoms with Crippen molar-refractivity contribution in [3.63, 3.8) is 0 Å². The first-order valence-electron chi connectivity index (χ1n) is 7.57. The van der Waals surface area contributed by atoms with Crippen molar-refractivity contribution in [2.75, 3.05) is 0 Å². The van der Waals surface area contributed by atoms with E-state index in [4.69, 9.17) is 9.47 Å². The SMILES string of the molecule is C=C1C(=O)OC2CC3(C)C(=C)CCCC3(OC(C)=O)CC12. The molecule has 1 heterocycles. The summed E-state index contributed by atoms with van der Waals surface area (Å²) in [5, 5.41) is 0. The predicted octanol–water partition coefficient (Wildman–Crippen LogP) is 2.93. The molecule has 1 saturated heterocycles. The van der Waals surface area contributed by atoms with Crippen LogP contribution in [0, 0.1) is 11.3 Å². The molecule has 0 N–H and O–H groups in total. The van der Waals surface area contributed by atoms with Gasteiger partial charge in [0.25, 0.3) is 0 Å². The Bertz CT molecular complexity index is 549. The minimum atomic E-state index is -0.577. The van der Waals surface area contributed by atoms with Crippen molar-refractivity contribution in [3.05, 3.63) is 24.3 Å². The number of ether oxygens (including phenoxy) is 2. The molecule has 0 aromatic rings. The molecule has 0 amide bonds. The zero-order valence-electron chi connectivity index (χ0n) is 12.7. The van der Waals surface area contributed by atoms with Gasteiger partial charge in [0.2, 0.25) is 0 Å². The van der Waals surface area contributed by atoms with E-state index < -0.39 is 5.60 Å². The lowest BCUT2D eigenvalue weighted by atomic mass is 9.52. The van der Waals surface area contributed by atoms with Crippen LogP contribution in [0.3, 0.4) is 0 Å². The fraction of sp³-hybridized carbons (Fsp3) is 0.647. The van der Waals surface area contributed by atoms with Crippen molar-refractivity contribution in [3.8, 4) is 0 Å². The summed E-state index contributed by atoms with van der Waals surface area (Å²) in [5.41, 5.74) is 0.710. The van der Waals surface area contributed by atoms with Crippen molar-refractivity contribution in [2.24, 2.45) is 11.3 Å². The topological polar surface area (TPSA) is 52.6 Å². The zero-order chi connectivity index (χ0) is 15.4. The van der Waals surface area contributed by atoms with E-state index >= 15 is 0 Å². The molecule has 0 aromatic carbocycles. The van der Waals surface area contributed by atoms with Crippen LogP contribution >= 0.6 is 0 Å². The molecule has 4 nitrogen and oxygen atoms in total. The standard InChI is InChI=1S/C17H22O4/c1-10-6-5-7-17(21-12(3)18)8-13-11(2)15(19)20-14(13)9-16(10,17)4/h13-14H,1-2,5-9H2,3-4H3. The molecule has 0 aromatic heterocycles. The maximum Gasteiger partial charge on any atom is 0.334 e. The van der Waals surface area contributed by atoms with Crippen molar-refractivity contribution in [2.45, 2.75) is 57.7 Å². The lowest BCUT2D eigenvalue weighted by Gasteiger charge is -2.57. The van der Waals surface area contributed by atoms with E-state index in [0.29, 0.717) is 18.4 Å². The van der Waals surface area contributed by atoms with Crippen molar-refractivity contribution in [1.82, 2.24) is 0 Å². The Morgan fingerprint density at radius 1 is 1.38 bits per heavy atom. The number of rotatable bonds is 1. The Morgan fingerprint density at radius 3 is 2.76 bits per heavy atom. The summed E-state index contributed by atoms with van der Waals surface area (Å²) in [5.74, 6) is -0.628. The van der Waals surface area contributed by atoms with Crippen molar-refractivity contribution in [1.29, 1.82) is 0 Å². The Morgan fingerprint density at radius 2 is 2.10 bits per heavy atom. The summed E-state index contributed by atoms with van der Waals surface area (Å²) < 4.78 is 11.3. The van der Waals surface area contributed by atoms with E-state index in [2.05, 4.69) is 20.1 Å². The summed E-state index contributed by atoms with van der Waals surface area (Å²) in [4.78, 5) is 23.5. The first-order chi connectivity index (χ1) is 9.79. The fourth-order valence-electron chi connectivity index (χ4n) is 4.47. The summed E-state index contributed by atoms with van der Waals surface area (Å²) in [6, 6.07) is 0. The van der Waals surface area contributed by atoms with Crippen LogP contribution in [-0.4, -0.2) is 23.6 Å². The summed E-state index contributed by atoms with van der Waals surface area (Å²) in [6.45, 7) is 11.6. The maximum absolute atomic E-state index is 11.8. The molecule has 4 heteroatoms. The van der Waals surface area contributed by atoms with Gasteiger partial charge in [0.15, 0.2) is 0 Å². The van der Waals surface area contributed by atoms with Crippen LogP contribution in [0.15, 0.2) is 24.3 Å². The Labute approximate surface area is 125 Å². The molecule has 4 unspecified atom stereocenters. The summed E-state index contributed by atoms with van der Waals surface area (Å²) in [7, 11) is 0. The Kier molecular flexibility index (Phi) is 3.05. The second kappa shape index (κ2) is 4.46. The highest BCUT2D eigenvalue weighted by Crippen LogP contribution is 2.60. The largest absolute Gasteiger partial charge is 0.458 e. The van der Waals surface area contributed by atoms with Crippen LogP contribution in [-0.2, 0) is 19.1 Å². The van der Waals surface area contributed by atoms with Gasteiger partial charge in [-0.15, -0.1) is 0 Å². The lowest BCUT2D eigenvalue weighted by Crippen LogP contribution is -2.59. The Hall–Kier alpha value is -1.58. The van der Waals surface area contributed by atoms with Crippen molar-refractivity contribution < 1.29 is 19.1 Å². The highest BCUT2D eigenvalue weighted by Gasteiger charge is 2.62. The molecule has 114 valence electrons. The maximum atomic E-state index is 11.8. The van der Waals surface area contributed by atoms with Crippen LogP contribution in [0.5, 0.6) is 0 Å². The lowest BCUT2D eigenvalue weighted by molar-refractivity contribution is -0.194. The molecule has 0 bridgehead atoms. The monoisotopic (exact) mass is 290 g/mol. The quantitative estimate of drug-likeness (QED) is 0.423. The van der Waals surface area contributed by atoms with Gasteiger partial charge in [-0.05, 0) is 32.1 Å². The third kappa shape index (κ3) is 1.88. The normalized spacial score (nSPS) is 42.1. The molecule has 1 aliphatic heterocycles. The second-order valence-corrected chi connectivity index (χ2v) is 6.86. The smallest absolute Gasteiger partial charge is 0.334 e. The van der Waals surface area contributed by atoms with Gasteiger partial charge >= 0.3 is 11.9 Å². The van der Waals surface area contributed by atoms with Gasteiger partial charge in [0.05, 0.1) is 0 Å². The van der Waals surface area contributed by atoms with Gasteiger partial charge in [-0.1, -0.05) is 25.7 Å². The molecule has 0 radical (unpaired) electrons. The van der Waals surface area contributed by atoms with Crippen LogP contribution in [0.2, 0.25) is 0 Å². The van der Waals surface area contributed by atoms with E-state index in [1.807, 2.05) is 0 Å². The molecule has 4 atom stereocenters. The van der Waals surface area contributed by atoms with Gasteiger partial charge in [-0.3, -0.25) is 4.79 Å². The summed E-state index contributed by atoms with van der Waals surface area (Å²) >= 11 is 0. The zero-order valence-corrected chi connectivity index (χ0v) is 12.7. The molecular weight excluding hydrogens is 268 g/mol. The third-order valence-corrected chi connectivity index (χ3v) is 5.76. The third-order valence-electron chi connectivity index (χ3n) is 5.76. The minimum absolute atomic E-state index is 0.0455. The van der Waals surface area contributed by atoms with Gasteiger partial charge in [-0.2, -0.15) is 0 Å². The van der Waals surface area contributed by atoms with Gasteiger partial charge < -0.3 is 9.47 Å². The molecule has 3 aliphatic rings. The van der Waals surface area contributed by atoms with Crippen LogP contribution < -0.4 is 0 Å². The second-order valence-electron chi connectivity index (χ2n) is 6.86. The molecule has 2 aliphatic carbocycles. The minimum Gasteiger partial charge on any atom is -0.458 e. The summed E-state index contributed by atoms with van der Waals surface area (Å²) in [6.07, 6.45) is 3.82. The highest BCUT2D eigenvalue weighted by atomic mass is 16.6. The molecular formula is C17H22O4.